The van der Waals surface area contributed by atoms with Gasteiger partial charge in [0, 0.05) is 17.5 Å². The van der Waals surface area contributed by atoms with Crippen molar-refractivity contribution in [2.75, 3.05) is 0 Å². The van der Waals surface area contributed by atoms with Crippen molar-refractivity contribution in [1.29, 1.82) is 0 Å². The molecule has 1 aromatic heterocycles. The van der Waals surface area contributed by atoms with Gasteiger partial charge in [0.05, 0.1) is 5.69 Å². The molecule has 3 heteroatoms. The number of nitrogens with zero attached hydrogens (tertiary/aromatic N) is 2. The van der Waals surface area contributed by atoms with E-state index < -0.39 is 0 Å². The third kappa shape index (κ3) is 2.23. The second kappa shape index (κ2) is 3.79. The number of hydrogen-bond donors (Lipinski definition) is 1. The van der Waals surface area contributed by atoms with Gasteiger partial charge in [0.25, 0.3) is 0 Å². The lowest BCUT2D eigenvalue weighted by atomic mass is 9.79. The average molecular weight is 224 g/mol. The van der Waals surface area contributed by atoms with Crippen molar-refractivity contribution in [2.45, 2.75) is 65.8 Å². The van der Waals surface area contributed by atoms with Gasteiger partial charge in [-0.3, -0.25) is 0 Å². The predicted octanol–water partition coefficient (Wildman–Crippen LogP) is 3.20. The van der Waals surface area contributed by atoms with Crippen LogP contribution in [-0.4, -0.2) is 14.9 Å². The molecule has 0 bridgehead atoms. The van der Waals surface area contributed by atoms with Gasteiger partial charge in [0.15, 0.2) is 0 Å². The zero-order valence-electron chi connectivity index (χ0n) is 11.5. The van der Waals surface area contributed by atoms with E-state index in [0.29, 0.717) is 12.4 Å². The largest absolute Gasteiger partial charge is 0.493 e. The molecule has 0 spiro atoms. The summed E-state index contributed by atoms with van der Waals surface area (Å²) in [5, 5.41) is 14.7. The zero-order valence-corrected chi connectivity index (χ0v) is 11.5. The lowest BCUT2D eigenvalue weighted by Crippen LogP contribution is -2.21. The van der Waals surface area contributed by atoms with E-state index in [1.807, 2.05) is 6.92 Å². The van der Waals surface area contributed by atoms with Gasteiger partial charge in [-0.05, 0) is 12.3 Å². The zero-order chi connectivity index (χ0) is 12.7. The first kappa shape index (κ1) is 13.1. The van der Waals surface area contributed by atoms with Gasteiger partial charge in [-0.1, -0.05) is 41.5 Å². The monoisotopic (exact) mass is 224 g/mol. The molecule has 0 saturated heterocycles. The maximum absolute atomic E-state index is 10.2. The number of aromatic hydroxyl groups is 1. The summed E-state index contributed by atoms with van der Waals surface area (Å²) in [6, 6.07) is 0. The van der Waals surface area contributed by atoms with Crippen LogP contribution in [0, 0.1) is 0 Å². The first-order chi connectivity index (χ1) is 7.09. The molecule has 3 nitrogen and oxygen atoms in total. The Labute approximate surface area is 98.5 Å². The van der Waals surface area contributed by atoms with Gasteiger partial charge in [-0.2, -0.15) is 5.10 Å². The third-order valence-electron chi connectivity index (χ3n) is 2.69. The van der Waals surface area contributed by atoms with Crippen molar-refractivity contribution in [2.24, 2.45) is 0 Å². The maximum Gasteiger partial charge on any atom is 0.213 e. The molecule has 1 rings (SSSR count). The minimum absolute atomic E-state index is 0.0412. The van der Waals surface area contributed by atoms with E-state index in [2.05, 4.69) is 46.6 Å². The minimum Gasteiger partial charge on any atom is -0.493 e. The fourth-order valence-corrected chi connectivity index (χ4v) is 1.89. The molecule has 0 amide bonds. The Morgan fingerprint density at radius 3 is 1.81 bits per heavy atom. The van der Waals surface area contributed by atoms with E-state index in [1.54, 1.807) is 4.68 Å². The predicted molar refractivity (Wildman–Crippen MR) is 67.0 cm³/mol. The van der Waals surface area contributed by atoms with Gasteiger partial charge in [-0.25, -0.2) is 4.68 Å². The molecule has 0 aliphatic heterocycles. The number of rotatable bonds is 1. The van der Waals surface area contributed by atoms with Crippen LogP contribution in [0.4, 0.5) is 0 Å². The molecule has 0 atom stereocenters. The molecular weight excluding hydrogens is 200 g/mol. The summed E-state index contributed by atoms with van der Waals surface area (Å²) in [7, 11) is 0. The molecule has 16 heavy (non-hydrogen) atoms. The highest BCUT2D eigenvalue weighted by molar-refractivity contribution is 5.40. The Bertz CT molecular complexity index is 378. The average Bonchev–Trinajstić information content (AvgIpc) is 2.40. The quantitative estimate of drug-likeness (QED) is 0.795. The molecule has 92 valence electrons. The van der Waals surface area contributed by atoms with Crippen molar-refractivity contribution >= 4 is 0 Å². The molecule has 0 fully saturated rings. The number of aromatic nitrogens is 2. The molecule has 0 aliphatic rings. The van der Waals surface area contributed by atoms with E-state index in [-0.39, 0.29) is 10.8 Å². The van der Waals surface area contributed by atoms with E-state index in [0.717, 1.165) is 11.3 Å². The SMILES string of the molecule is CCn1nc(C(C)(C)C)c(C(C)(C)C)c1O. The van der Waals surface area contributed by atoms with Crippen molar-refractivity contribution in [1.82, 2.24) is 9.78 Å². The third-order valence-corrected chi connectivity index (χ3v) is 2.69. The van der Waals surface area contributed by atoms with Crippen LogP contribution >= 0.6 is 0 Å². The molecule has 1 N–H and O–H groups in total. The Morgan fingerprint density at radius 2 is 1.56 bits per heavy atom. The van der Waals surface area contributed by atoms with Crippen LogP contribution in [0.2, 0.25) is 0 Å². The Morgan fingerprint density at radius 1 is 1.06 bits per heavy atom. The topological polar surface area (TPSA) is 38.0 Å². The van der Waals surface area contributed by atoms with Crippen LogP contribution < -0.4 is 0 Å². The van der Waals surface area contributed by atoms with E-state index in [9.17, 15) is 5.11 Å². The van der Waals surface area contributed by atoms with Crippen molar-refractivity contribution < 1.29 is 5.11 Å². The molecule has 0 aliphatic carbocycles. The Balaban J connectivity index is 3.50. The highest BCUT2D eigenvalue weighted by Gasteiger charge is 2.32. The van der Waals surface area contributed by atoms with Crippen molar-refractivity contribution in [3.05, 3.63) is 11.3 Å². The van der Waals surface area contributed by atoms with Crippen LogP contribution in [0.1, 0.15) is 59.7 Å². The van der Waals surface area contributed by atoms with Crippen LogP contribution in [-0.2, 0) is 17.4 Å². The molecule has 1 heterocycles. The van der Waals surface area contributed by atoms with Gasteiger partial charge in [0.2, 0.25) is 5.88 Å². The summed E-state index contributed by atoms with van der Waals surface area (Å²) in [6.07, 6.45) is 0. The van der Waals surface area contributed by atoms with Crippen LogP contribution in [0.3, 0.4) is 0 Å². The number of aryl methyl sites for hydroxylation is 1. The van der Waals surface area contributed by atoms with Gasteiger partial charge in [0.1, 0.15) is 0 Å². The van der Waals surface area contributed by atoms with E-state index in [1.165, 1.54) is 0 Å². The van der Waals surface area contributed by atoms with Gasteiger partial charge < -0.3 is 5.11 Å². The van der Waals surface area contributed by atoms with Crippen molar-refractivity contribution in [3.63, 3.8) is 0 Å². The maximum atomic E-state index is 10.2. The molecule has 1 aromatic rings. The lowest BCUT2D eigenvalue weighted by Gasteiger charge is -2.24. The van der Waals surface area contributed by atoms with E-state index in [4.69, 9.17) is 0 Å². The normalized spacial score (nSPS) is 13.2. The summed E-state index contributed by atoms with van der Waals surface area (Å²) in [4.78, 5) is 0. The summed E-state index contributed by atoms with van der Waals surface area (Å²) in [5.41, 5.74) is 1.85. The Kier molecular flexibility index (Phi) is 3.10. The van der Waals surface area contributed by atoms with Gasteiger partial charge in [-0.15, -0.1) is 0 Å². The van der Waals surface area contributed by atoms with E-state index >= 15 is 0 Å². The highest BCUT2D eigenvalue weighted by Crippen LogP contribution is 2.38. The molecule has 0 aromatic carbocycles. The van der Waals surface area contributed by atoms with Crippen LogP contribution in [0.5, 0.6) is 5.88 Å². The first-order valence-corrected chi connectivity index (χ1v) is 5.89. The summed E-state index contributed by atoms with van der Waals surface area (Å²) < 4.78 is 1.68. The fourth-order valence-electron chi connectivity index (χ4n) is 1.89. The molecule has 0 saturated carbocycles. The van der Waals surface area contributed by atoms with Crippen molar-refractivity contribution in [3.8, 4) is 5.88 Å². The summed E-state index contributed by atoms with van der Waals surface area (Å²) in [6.45, 7) is 15.4. The minimum atomic E-state index is -0.0832. The van der Waals surface area contributed by atoms with Crippen LogP contribution in [0.25, 0.3) is 0 Å². The second-order valence-electron chi connectivity index (χ2n) is 6.36. The standard InChI is InChI=1S/C13H24N2O/c1-8-15-11(16)9(12(2,3)4)10(14-15)13(5,6)7/h16H,8H2,1-7H3. The molecular formula is C13H24N2O. The molecule has 0 unspecified atom stereocenters. The smallest absolute Gasteiger partial charge is 0.213 e. The first-order valence-electron chi connectivity index (χ1n) is 5.89. The highest BCUT2D eigenvalue weighted by atomic mass is 16.3. The Hall–Kier alpha value is -0.990. The summed E-state index contributed by atoms with van der Waals surface area (Å²) >= 11 is 0. The molecule has 0 radical (unpaired) electrons. The number of hydrogen-bond acceptors (Lipinski definition) is 2. The lowest BCUT2D eigenvalue weighted by molar-refractivity contribution is 0.389. The summed E-state index contributed by atoms with van der Waals surface area (Å²) in [5.74, 6) is 0.319. The van der Waals surface area contributed by atoms with Gasteiger partial charge >= 0.3 is 0 Å². The van der Waals surface area contributed by atoms with Crippen LogP contribution in [0.15, 0.2) is 0 Å². The second-order valence-corrected chi connectivity index (χ2v) is 6.36. The fraction of sp³-hybridized carbons (Fsp3) is 0.769.